The Bertz CT molecular complexity index is 358. The zero-order valence-corrected chi connectivity index (χ0v) is 16.6. The van der Waals surface area contributed by atoms with E-state index < -0.39 is 19.8 Å². The molecule has 0 amide bonds. The molecule has 0 aromatic rings. The van der Waals surface area contributed by atoms with Crippen LogP contribution in [-0.4, -0.2) is 50.1 Å². The highest BCUT2D eigenvalue weighted by Gasteiger charge is 2.44. The van der Waals surface area contributed by atoms with Crippen LogP contribution in [-0.2, 0) is 9.16 Å². The second kappa shape index (κ2) is 6.89. The number of aliphatic hydroxyl groups excluding tert-OH is 2. The molecule has 0 aliphatic carbocycles. The van der Waals surface area contributed by atoms with E-state index in [4.69, 9.17) is 9.16 Å². The van der Waals surface area contributed by atoms with Gasteiger partial charge in [-0.15, -0.1) is 0 Å². The van der Waals surface area contributed by atoms with Gasteiger partial charge in [-0.3, -0.25) is 0 Å². The maximum absolute atomic E-state index is 10.7. The van der Waals surface area contributed by atoms with Crippen molar-refractivity contribution >= 4 is 8.32 Å². The second-order valence-electron chi connectivity index (χ2n) is 9.06. The van der Waals surface area contributed by atoms with Gasteiger partial charge in [0.25, 0.3) is 0 Å². The molecule has 0 unspecified atom stereocenters. The molecule has 4 atom stereocenters. The lowest BCUT2D eigenvalue weighted by molar-refractivity contribution is -0.0616. The predicted octanol–water partition coefficient (Wildman–Crippen LogP) is 3.18. The highest BCUT2D eigenvalue weighted by molar-refractivity contribution is 6.74. The average molecular weight is 333 g/mol. The van der Waals surface area contributed by atoms with Crippen molar-refractivity contribution < 1.29 is 19.4 Å². The zero-order chi connectivity index (χ0) is 17.3. The maximum Gasteiger partial charge on any atom is 0.192 e. The van der Waals surface area contributed by atoms with Crippen molar-refractivity contribution in [3.8, 4) is 0 Å². The van der Waals surface area contributed by atoms with Crippen LogP contribution in [0.1, 0.15) is 48.0 Å². The van der Waals surface area contributed by atoms with Crippen molar-refractivity contribution in [2.75, 3.05) is 13.2 Å². The van der Waals surface area contributed by atoms with E-state index in [1.807, 2.05) is 20.8 Å². The summed E-state index contributed by atoms with van der Waals surface area (Å²) < 4.78 is 12.0. The molecule has 0 aromatic carbocycles. The van der Waals surface area contributed by atoms with Crippen LogP contribution in [0.3, 0.4) is 0 Å². The molecule has 1 rings (SSSR count). The Hall–Kier alpha value is 0.0569. The summed E-state index contributed by atoms with van der Waals surface area (Å²) in [4.78, 5) is 0. The molecule has 1 saturated heterocycles. The van der Waals surface area contributed by atoms with Crippen molar-refractivity contribution in [2.24, 2.45) is 11.3 Å². The molecule has 1 heterocycles. The fourth-order valence-corrected chi connectivity index (χ4v) is 3.82. The van der Waals surface area contributed by atoms with E-state index in [1.54, 1.807) is 0 Å². The Morgan fingerprint density at radius 2 is 1.73 bits per heavy atom. The molecule has 132 valence electrons. The molecule has 0 saturated carbocycles. The SMILES string of the molecule is C[C@@H]([C@H](C[C@H]1CO1)O[Si](C)(C)C(C)(C)C)[C@@H](O)C(C)(C)CO. The van der Waals surface area contributed by atoms with Crippen LogP contribution in [0.5, 0.6) is 0 Å². The minimum Gasteiger partial charge on any atom is -0.413 e. The minimum atomic E-state index is -1.91. The fourth-order valence-electron chi connectivity index (χ4n) is 2.40. The summed E-state index contributed by atoms with van der Waals surface area (Å²) in [6.45, 7) is 17.7. The summed E-state index contributed by atoms with van der Waals surface area (Å²) >= 11 is 0. The summed E-state index contributed by atoms with van der Waals surface area (Å²) in [6, 6.07) is 0. The number of epoxide rings is 1. The molecule has 4 nitrogen and oxygen atoms in total. The molecule has 1 aliphatic rings. The molecule has 22 heavy (non-hydrogen) atoms. The number of hydrogen-bond donors (Lipinski definition) is 2. The smallest absolute Gasteiger partial charge is 0.192 e. The summed E-state index contributed by atoms with van der Waals surface area (Å²) in [6.07, 6.45) is 0.452. The highest BCUT2D eigenvalue weighted by Crippen LogP contribution is 2.40. The first-order valence-electron chi connectivity index (χ1n) is 8.40. The van der Waals surface area contributed by atoms with Gasteiger partial charge in [0.15, 0.2) is 8.32 Å². The predicted molar refractivity (Wildman–Crippen MR) is 92.5 cm³/mol. The monoisotopic (exact) mass is 332 g/mol. The van der Waals surface area contributed by atoms with Gasteiger partial charge in [0.2, 0.25) is 0 Å². The van der Waals surface area contributed by atoms with E-state index in [9.17, 15) is 10.2 Å². The second-order valence-corrected chi connectivity index (χ2v) is 13.8. The van der Waals surface area contributed by atoms with Crippen molar-refractivity contribution in [1.82, 2.24) is 0 Å². The number of ether oxygens (including phenoxy) is 1. The molecule has 5 heteroatoms. The summed E-state index contributed by atoms with van der Waals surface area (Å²) in [5.74, 6) is -0.0412. The molecular formula is C17H36O4Si. The van der Waals surface area contributed by atoms with Crippen LogP contribution in [0.2, 0.25) is 18.1 Å². The Morgan fingerprint density at radius 1 is 1.23 bits per heavy atom. The van der Waals surface area contributed by atoms with E-state index in [1.165, 1.54) is 0 Å². The maximum atomic E-state index is 10.7. The van der Waals surface area contributed by atoms with E-state index in [2.05, 4.69) is 33.9 Å². The first kappa shape index (κ1) is 20.1. The molecule has 1 aliphatic heterocycles. The lowest BCUT2D eigenvalue weighted by Gasteiger charge is -2.43. The number of aliphatic hydroxyl groups is 2. The van der Waals surface area contributed by atoms with Gasteiger partial charge in [0.1, 0.15) is 0 Å². The van der Waals surface area contributed by atoms with Crippen molar-refractivity contribution in [1.29, 1.82) is 0 Å². The molecular weight excluding hydrogens is 296 g/mol. The van der Waals surface area contributed by atoms with Crippen LogP contribution in [0.4, 0.5) is 0 Å². The topological polar surface area (TPSA) is 62.2 Å². The summed E-state index contributed by atoms with van der Waals surface area (Å²) in [7, 11) is -1.91. The quantitative estimate of drug-likeness (QED) is 0.529. The first-order chi connectivity index (χ1) is 9.82. The van der Waals surface area contributed by atoms with E-state index in [0.717, 1.165) is 13.0 Å². The zero-order valence-electron chi connectivity index (χ0n) is 15.6. The van der Waals surface area contributed by atoms with Gasteiger partial charge in [-0.1, -0.05) is 41.5 Å². The minimum absolute atomic E-state index is 0.0331. The molecule has 0 spiro atoms. The Morgan fingerprint density at radius 3 is 2.09 bits per heavy atom. The van der Waals surface area contributed by atoms with Crippen LogP contribution in [0, 0.1) is 11.3 Å². The van der Waals surface area contributed by atoms with Gasteiger partial charge in [0, 0.05) is 17.8 Å². The van der Waals surface area contributed by atoms with Crippen LogP contribution >= 0.6 is 0 Å². The van der Waals surface area contributed by atoms with Crippen LogP contribution < -0.4 is 0 Å². The Labute approximate surface area is 137 Å². The van der Waals surface area contributed by atoms with Crippen LogP contribution in [0.15, 0.2) is 0 Å². The van der Waals surface area contributed by atoms with E-state index in [0.29, 0.717) is 0 Å². The third-order valence-corrected chi connectivity index (χ3v) is 9.95. The summed E-state index contributed by atoms with van der Waals surface area (Å²) in [5, 5.41) is 20.3. The van der Waals surface area contributed by atoms with Gasteiger partial charge in [-0.25, -0.2) is 0 Å². The molecule has 1 fully saturated rings. The third-order valence-electron chi connectivity index (χ3n) is 5.44. The lowest BCUT2D eigenvalue weighted by atomic mass is 9.78. The first-order valence-corrected chi connectivity index (χ1v) is 11.3. The number of hydrogen-bond acceptors (Lipinski definition) is 4. The Balaban J connectivity index is 2.88. The Kier molecular flexibility index (Phi) is 6.30. The van der Waals surface area contributed by atoms with E-state index in [-0.39, 0.29) is 29.8 Å². The molecule has 0 aromatic heterocycles. The fraction of sp³-hybridized carbons (Fsp3) is 1.00. The highest BCUT2D eigenvalue weighted by atomic mass is 28.4. The standard InChI is InChI=1S/C17H36O4Si/c1-12(15(19)17(5,6)11-18)14(9-13-10-20-13)21-22(7,8)16(2,3)4/h12-15,18-19H,9-11H2,1-8H3/t12-,13-,14-,15+/m0/s1. The largest absolute Gasteiger partial charge is 0.413 e. The molecule has 0 bridgehead atoms. The van der Waals surface area contributed by atoms with Gasteiger partial charge in [-0.05, 0) is 18.1 Å². The van der Waals surface area contributed by atoms with Crippen LogP contribution in [0.25, 0.3) is 0 Å². The van der Waals surface area contributed by atoms with Crippen molar-refractivity contribution in [3.63, 3.8) is 0 Å². The van der Waals surface area contributed by atoms with Crippen molar-refractivity contribution in [2.45, 2.75) is 84.4 Å². The number of rotatable bonds is 8. The van der Waals surface area contributed by atoms with Gasteiger partial charge in [0.05, 0.1) is 31.5 Å². The van der Waals surface area contributed by atoms with Gasteiger partial charge in [-0.2, -0.15) is 0 Å². The van der Waals surface area contributed by atoms with E-state index >= 15 is 0 Å². The lowest BCUT2D eigenvalue weighted by Crippen LogP contribution is -2.50. The third kappa shape index (κ3) is 5.03. The normalized spacial score (nSPS) is 24.0. The molecule has 2 N–H and O–H groups in total. The van der Waals surface area contributed by atoms with Gasteiger partial charge < -0.3 is 19.4 Å². The molecule has 0 radical (unpaired) electrons. The van der Waals surface area contributed by atoms with Gasteiger partial charge >= 0.3 is 0 Å². The summed E-state index contributed by atoms with van der Waals surface area (Å²) in [5.41, 5.74) is -0.529. The van der Waals surface area contributed by atoms with Crippen molar-refractivity contribution in [3.05, 3.63) is 0 Å². The average Bonchev–Trinajstić information content (AvgIpc) is 3.18.